The molecule has 0 spiro atoms. The fourth-order valence-electron chi connectivity index (χ4n) is 2.85. The standard InChI is InChI=1S/C18H18ClFN2O2/c1-10-8-13-14(20)9-15(23-2)18(24-3)16(13)17(22-21-10)11-4-6-12(19)7-5-11/h4-7,9-10,21H,8H2,1-3H3. The summed E-state index contributed by atoms with van der Waals surface area (Å²) in [6, 6.07) is 8.59. The zero-order valence-electron chi connectivity index (χ0n) is 13.7. The fraction of sp³-hybridized carbons (Fsp3) is 0.278. The molecule has 1 heterocycles. The highest BCUT2D eigenvalue weighted by Gasteiger charge is 2.27. The third-order valence-corrected chi connectivity index (χ3v) is 4.24. The molecule has 0 radical (unpaired) electrons. The first kappa shape index (κ1) is 16.6. The number of methoxy groups -OCH3 is 2. The van der Waals surface area contributed by atoms with Crippen LogP contribution in [0.4, 0.5) is 4.39 Å². The summed E-state index contributed by atoms with van der Waals surface area (Å²) in [5.74, 6) is 0.475. The number of hydrogen-bond donors (Lipinski definition) is 1. The maximum Gasteiger partial charge on any atom is 0.170 e. The van der Waals surface area contributed by atoms with E-state index in [1.165, 1.54) is 20.3 Å². The summed E-state index contributed by atoms with van der Waals surface area (Å²) in [6.07, 6.45) is 0.488. The van der Waals surface area contributed by atoms with Crippen molar-refractivity contribution in [2.75, 3.05) is 14.2 Å². The summed E-state index contributed by atoms with van der Waals surface area (Å²) in [4.78, 5) is 0. The van der Waals surface area contributed by atoms with Crippen molar-refractivity contribution in [3.63, 3.8) is 0 Å². The Morgan fingerprint density at radius 3 is 2.54 bits per heavy atom. The van der Waals surface area contributed by atoms with Gasteiger partial charge in [0.25, 0.3) is 0 Å². The van der Waals surface area contributed by atoms with Crippen LogP contribution in [0.1, 0.15) is 23.6 Å². The minimum Gasteiger partial charge on any atom is -0.493 e. The van der Waals surface area contributed by atoms with Crippen LogP contribution in [0.3, 0.4) is 0 Å². The minimum absolute atomic E-state index is 0.0128. The molecular weight excluding hydrogens is 331 g/mol. The summed E-state index contributed by atoms with van der Waals surface area (Å²) in [6.45, 7) is 1.95. The predicted octanol–water partition coefficient (Wildman–Crippen LogP) is 3.78. The molecule has 126 valence electrons. The van der Waals surface area contributed by atoms with Crippen molar-refractivity contribution in [2.24, 2.45) is 5.10 Å². The van der Waals surface area contributed by atoms with Crippen LogP contribution in [0.2, 0.25) is 5.02 Å². The molecule has 1 N–H and O–H groups in total. The van der Waals surface area contributed by atoms with Gasteiger partial charge in [-0.05, 0) is 25.5 Å². The first-order valence-corrected chi connectivity index (χ1v) is 7.95. The summed E-state index contributed by atoms with van der Waals surface area (Å²) < 4.78 is 25.5. The van der Waals surface area contributed by atoms with Crippen LogP contribution in [0.5, 0.6) is 11.5 Å². The number of hydrogen-bond acceptors (Lipinski definition) is 4. The quantitative estimate of drug-likeness (QED) is 0.917. The van der Waals surface area contributed by atoms with E-state index in [4.69, 9.17) is 21.1 Å². The maximum absolute atomic E-state index is 14.7. The number of halogens is 2. The van der Waals surface area contributed by atoms with E-state index in [9.17, 15) is 4.39 Å². The van der Waals surface area contributed by atoms with Crippen molar-refractivity contribution in [2.45, 2.75) is 19.4 Å². The molecule has 1 unspecified atom stereocenters. The van der Waals surface area contributed by atoms with Crippen LogP contribution in [-0.4, -0.2) is 26.0 Å². The number of ether oxygens (including phenoxy) is 2. The molecule has 0 saturated heterocycles. The van der Waals surface area contributed by atoms with Gasteiger partial charge < -0.3 is 14.9 Å². The fourth-order valence-corrected chi connectivity index (χ4v) is 2.98. The molecule has 0 saturated carbocycles. The lowest BCUT2D eigenvalue weighted by molar-refractivity contribution is 0.351. The van der Waals surface area contributed by atoms with Crippen LogP contribution in [-0.2, 0) is 6.42 Å². The van der Waals surface area contributed by atoms with Crippen LogP contribution >= 0.6 is 11.6 Å². The van der Waals surface area contributed by atoms with Gasteiger partial charge in [-0.3, -0.25) is 0 Å². The molecule has 3 rings (SSSR count). The molecule has 1 aliphatic rings. The second-order valence-corrected chi connectivity index (χ2v) is 6.09. The predicted molar refractivity (Wildman–Crippen MR) is 92.9 cm³/mol. The molecule has 0 bridgehead atoms. The van der Waals surface area contributed by atoms with Gasteiger partial charge in [0.2, 0.25) is 0 Å². The summed E-state index contributed by atoms with van der Waals surface area (Å²) in [7, 11) is 3.03. The molecule has 6 heteroatoms. The summed E-state index contributed by atoms with van der Waals surface area (Å²) in [5, 5.41) is 5.12. The average molecular weight is 349 g/mol. The van der Waals surface area contributed by atoms with Gasteiger partial charge in [0.05, 0.1) is 19.8 Å². The minimum atomic E-state index is -0.333. The van der Waals surface area contributed by atoms with E-state index in [1.807, 2.05) is 19.1 Å². The highest BCUT2D eigenvalue weighted by molar-refractivity contribution is 6.30. The van der Waals surface area contributed by atoms with Crippen LogP contribution < -0.4 is 14.9 Å². The van der Waals surface area contributed by atoms with Crippen molar-refractivity contribution >= 4 is 17.3 Å². The second kappa shape index (κ2) is 6.69. The summed E-state index contributed by atoms with van der Waals surface area (Å²) >= 11 is 5.98. The number of nitrogens with zero attached hydrogens (tertiary/aromatic N) is 1. The van der Waals surface area contributed by atoms with Gasteiger partial charge >= 0.3 is 0 Å². The first-order chi connectivity index (χ1) is 11.5. The van der Waals surface area contributed by atoms with Gasteiger partial charge in [-0.25, -0.2) is 4.39 Å². The third-order valence-electron chi connectivity index (χ3n) is 3.98. The smallest absolute Gasteiger partial charge is 0.170 e. The molecule has 0 amide bonds. The lowest BCUT2D eigenvalue weighted by Gasteiger charge is -2.18. The monoisotopic (exact) mass is 348 g/mol. The molecular formula is C18H18ClFN2O2. The topological polar surface area (TPSA) is 42.9 Å². The largest absolute Gasteiger partial charge is 0.493 e. The van der Waals surface area contributed by atoms with Gasteiger partial charge in [0.1, 0.15) is 11.5 Å². The van der Waals surface area contributed by atoms with Gasteiger partial charge in [0, 0.05) is 28.3 Å². The second-order valence-electron chi connectivity index (χ2n) is 5.65. The SMILES string of the molecule is COc1cc(F)c2c(c1OC)C(c1ccc(Cl)cc1)=NNC(C)C2. The molecule has 1 atom stereocenters. The molecule has 0 aromatic heterocycles. The highest BCUT2D eigenvalue weighted by atomic mass is 35.5. The number of fused-ring (bicyclic) bond motifs is 1. The average Bonchev–Trinajstić information content (AvgIpc) is 2.75. The Morgan fingerprint density at radius 2 is 1.92 bits per heavy atom. The number of nitrogens with one attached hydrogen (secondary N) is 1. The van der Waals surface area contributed by atoms with Gasteiger partial charge in [-0.2, -0.15) is 5.10 Å². The Kier molecular flexibility index (Phi) is 4.62. The number of benzene rings is 2. The Bertz CT molecular complexity index is 791. The molecule has 1 aliphatic heterocycles. The highest BCUT2D eigenvalue weighted by Crippen LogP contribution is 2.38. The molecule has 0 aliphatic carbocycles. The Morgan fingerprint density at radius 1 is 1.21 bits per heavy atom. The van der Waals surface area contributed by atoms with Crippen molar-refractivity contribution in [1.82, 2.24) is 5.43 Å². The molecule has 2 aromatic carbocycles. The van der Waals surface area contributed by atoms with Gasteiger partial charge in [-0.15, -0.1) is 0 Å². The van der Waals surface area contributed by atoms with E-state index >= 15 is 0 Å². The van der Waals surface area contributed by atoms with Crippen molar-refractivity contribution < 1.29 is 13.9 Å². The van der Waals surface area contributed by atoms with Crippen LogP contribution in [0, 0.1) is 5.82 Å². The Balaban J connectivity index is 2.29. The first-order valence-electron chi connectivity index (χ1n) is 7.58. The normalized spacial score (nSPS) is 16.5. The summed E-state index contributed by atoms with van der Waals surface area (Å²) in [5.41, 5.74) is 5.63. The van der Waals surface area contributed by atoms with E-state index in [-0.39, 0.29) is 11.9 Å². The van der Waals surface area contributed by atoms with Gasteiger partial charge in [-0.1, -0.05) is 23.7 Å². The zero-order valence-corrected chi connectivity index (χ0v) is 14.4. The van der Waals surface area contributed by atoms with Crippen molar-refractivity contribution in [3.8, 4) is 11.5 Å². The maximum atomic E-state index is 14.7. The van der Waals surface area contributed by atoms with Gasteiger partial charge in [0.15, 0.2) is 11.5 Å². The van der Waals surface area contributed by atoms with E-state index in [0.717, 1.165) is 5.56 Å². The van der Waals surface area contributed by atoms with Crippen molar-refractivity contribution in [1.29, 1.82) is 0 Å². The van der Waals surface area contributed by atoms with Crippen molar-refractivity contribution in [3.05, 3.63) is 57.9 Å². The van der Waals surface area contributed by atoms with E-state index < -0.39 is 0 Å². The van der Waals surface area contributed by atoms with Crippen LogP contribution in [0.15, 0.2) is 35.4 Å². The lowest BCUT2D eigenvalue weighted by Crippen LogP contribution is -2.22. The lowest BCUT2D eigenvalue weighted by atomic mass is 9.93. The van der Waals surface area contributed by atoms with E-state index in [2.05, 4.69) is 10.5 Å². The zero-order chi connectivity index (χ0) is 17.3. The third kappa shape index (κ3) is 2.91. The molecule has 0 fully saturated rings. The Hall–Kier alpha value is -2.27. The molecule has 24 heavy (non-hydrogen) atoms. The molecule has 4 nitrogen and oxygen atoms in total. The number of rotatable bonds is 3. The molecule has 2 aromatic rings. The van der Waals surface area contributed by atoms with Crippen LogP contribution in [0.25, 0.3) is 0 Å². The van der Waals surface area contributed by atoms with E-state index in [1.54, 1.807) is 12.1 Å². The Labute approximate surface area is 145 Å². The van der Waals surface area contributed by atoms with E-state index in [0.29, 0.717) is 39.8 Å². The number of hydrazone groups is 1.